The Kier molecular flexibility index (Phi) is 16.6. The van der Waals surface area contributed by atoms with E-state index in [-0.39, 0.29) is 37.0 Å². The van der Waals surface area contributed by atoms with Crippen LogP contribution in [0.25, 0.3) is 0 Å². The van der Waals surface area contributed by atoms with Crippen LogP contribution in [-0.4, -0.2) is 96.1 Å². The molecule has 4 atom stereocenters. The minimum absolute atomic E-state index is 0.0134. The van der Waals surface area contributed by atoms with Gasteiger partial charge in [-0.3, -0.25) is 19.8 Å². The quantitative estimate of drug-likeness (QED) is 0.0652. The SMILES string of the molecule is CC(C)(C)OC(=O)[C@H](O)[C@H]1OCCNC1=O.FC(F)(F)c1cccc(I)c1.N=C(N)c1ccc(NC(=O)[C@H](O)[C@H]2OCCN(c3cccc(C(F)(F)F)c3)C2=O)cc1. The molecule has 2 aliphatic heterocycles. The number of amidine groups is 1. The number of anilines is 2. The number of rotatable bonds is 7. The van der Waals surface area contributed by atoms with Crippen LogP contribution in [0.1, 0.15) is 37.5 Å². The van der Waals surface area contributed by atoms with Crippen LogP contribution in [0.3, 0.4) is 0 Å². The van der Waals surface area contributed by atoms with Crippen molar-refractivity contribution in [3.8, 4) is 0 Å². The molecule has 0 aromatic heterocycles. The third kappa shape index (κ3) is 14.2. The molecule has 14 nitrogen and oxygen atoms in total. The molecule has 0 spiro atoms. The van der Waals surface area contributed by atoms with Crippen LogP contribution in [0.2, 0.25) is 0 Å². The normalized spacial score (nSPS) is 18.2. The first-order valence-corrected chi connectivity index (χ1v) is 18.1. The first-order chi connectivity index (χ1) is 26.9. The lowest BCUT2D eigenvalue weighted by Gasteiger charge is -2.34. The maximum absolute atomic E-state index is 13.0. The van der Waals surface area contributed by atoms with Gasteiger partial charge in [-0.15, -0.1) is 0 Å². The number of nitrogens with one attached hydrogen (secondary N) is 3. The maximum atomic E-state index is 13.0. The molecule has 7 N–H and O–H groups in total. The molecular weight excluding hydrogens is 899 g/mol. The molecule has 3 amide bonds. The summed E-state index contributed by atoms with van der Waals surface area (Å²) in [6.45, 7) is 5.59. The molecule has 0 saturated carbocycles. The summed E-state index contributed by atoms with van der Waals surface area (Å²) >= 11 is 1.85. The molecule has 3 aromatic rings. The number of morpholine rings is 2. The van der Waals surface area contributed by atoms with Crippen LogP contribution in [0.5, 0.6) is 0 Å². The van der Waals surface area contributed by atoms with E-state index in [1.54, 1.807) is 26.8 Å². The van der Waals surface area contributed by atoms with Gasteiger partial charge < -0.3 is 45.7 Å². The molecule has 0 unspecified atom stereocenters. The summed E-state index contributed by atoms with van der Waals surface area (Å²) < 4.78 is 90.6. The minimum atomic E-state index is -4.58. The molecule has 2 heterocycles. The number of nitrogens with zero attached hydrogens (tertiary/aromatic N) is 1. The minimum Gasteiger partial charge on any atom is -0.458 e. The monoisotopic (exact) mass is 939 g/mol. The Morgan fingerprint density at radius 2 is 1.47 bits per heavy atom. The van der Waals surface area contributed by atoms with Crippen molar-refractivity contribution in [2.75, 3.05) is 36.5 Å². The number of hydrogen-bond donors (Lipinski definition) is 6. The number of carbonyl (C=O) groups excluding carboxylic acids is 4. The Labute approximate surface area is 341 Å². The van der Waals surface area contributed by atoms with Crippen molar-refractivity contribution >= 4 is 63.5 Å². The van der Waals surface area contributed by atoms with E-state index in [2.05, 4.69) is 10.6 Å². The van der Waals surface area contributed by atoms with Crippen LogP contribution in [0.4, 0.5) is 37.7 Å². The van der Waals surface area contributed by atoms with E-state index in [1.807, 2.05) is 22.6 Å². The summed E-state index contributed by atoms with van der Waals surface area (Å²) in [5.41, 5.74) is 3.84. The number of benzene rings is 3. The number of halogens is 7. The van der Waals surface area contributed by atoms with E-state index >= 15 is 0 Å². The Balaban J connectivity index is 0.000000276. The molecule has 0 aliphatic carbocycles. The lowest BCUT2D eigenvalue weighted by atomic mass is 10.1. The second kappa shape index (κ2) is 20.2. The highest BCUT2D eigenvalue weighted by Crippen LogP contribution is 2.33. The Morgan fingerprint density at radius 1 is 0.897 bits per heavy atom. The summed E-state index contributed by atoms with van der Waals surface area (Å²) in [6, 6.07) is 15.3. The summed E-state index contributed by atoms with van der Waals surface area (Å²) in [4.78, 5) is 48.9. The number of amides is 3. The van der Waals surface area contributed by atoms with Crippen LogP contribution in [0.15, 0.2) is 72.8 Å². The Morgan fingerprint density at radius 3 is 1.98 bits per heavy atom. The zero-order chi connectivity index (χ0) is 43.6. The average molecular weight is 940 g/mol. The zero-order valence-corrected chi connectivity index (χ0v) is 33.1. The number of aliphatic hydroxyl groups excluding tert-OH is 2. The molecule has 316 valence electrons. The molecule has 3 aromatic carbocycles. The number of hydrogen-bond acceptors (Lipinski definition) is 10. The molecule has 21 heteroatoms. The highest BCUT2D eigenvalue weighted by Gasteiger charge is 2.41. The third-order valence-corrected chi connectivity index (χ3v) is 8.34. The van der Waals surface area contributed by atoms with Gasteiger partial charge in [-0.25, -0.2) is 4.79 Å². The standard InChI is InChI=1S/C20H19F3N4O4.C10H17NO5.C7H4F3I/c21-20(22,23)12-2-1-3-14(10-12)27-8-9-31-16(19(27)30)15(28)18(29)26-13-6-4-11(5-7-13)17(24)25;1-10(2,3)16-9(14)6(12)7-8(13)11-4-5-15-7;8-7(9,10)5-2-1-3-6(11)4-5/h1-7,10,15-16,28H,8-9H2,(H3,24,25)(H,26,29);6-7,12H,4-5H2,1-3H3,(H,11,13);1-4H/t15-,16-;6-,7-;/m11./s1. The van der Waals surface area contributed by atoms with Gasteiger partial charge in [-0.2, -0.15) is 26.3 Å². The fourth-order valence-electron chi connectivity index (χ4n) is 4.95. The van der Waals surface area contributed by atoms with Gasteiger partial charge in [0, 0.05) is 33.6 Å². The van der Waals surface area contributed by atoms with Crippen molar-refractivity contribution in [2.45, 2.75) is 63.1 Å². The van der Waals surface area contributed by atoms with Gasteiger partial charge in [-0.1, -0.05) is 12.1 Å². The highest BCUT2D eigenvalue weighted by atomic mass is 127. The molecule has 58 heavy (non-hydrogen) atoms. The van der Waals surface area contributed by atoms with E-state index in [4.69, 9.17) is 25.4 Å². The second-order valence-electron chi connectivity index (χ2n) is 13.3. The molecule has 0 bridgehead atoms. The largest absolute Gasteiger partial charge is 0.458 e. The molecule has 2 fully saturated rings. The van der Waals surface area contributed by atoms with Crippen molar-refractivity contribution in [3.05, 3.63) is 93.1 Å². The Hall–Kier alpha value is -4.84. The number of esters is 1. The lowest BCUT2D eigenvalue weighted by Crippen LogP contribution is -2.55. The number of alkyl halides is 6. The van der Waals surface area contributed by atoms with Crippen LogP contribution in [0, 0.1) is 8.98 Å². The van der Waals surface area contributed by atoms with Gasteiger partial charge in [0.1, 0.15) is 11.4 Å². The zero-order valence-electron chi connectivity index (χ0n) is 31.0. The molecule has 2 aliphatic rings. The van der Waals surface area contributed by atoms with Crippen molar-refractivity contribution in [3.63, 3.8) is 0 Å². The number of nitrogen functional groups attached to an aromatic ring is 1. The van der Waals surface area contributed by atoms with Crippen LogP contribution in [-0.2, 0) is 45.7 Å². The summed E-state index contributed by atoms with van der Waals surface area (Å²) in [7, 11) is 0. The number of aliphatic hydroxyl groups is 2. The summed E-state index contributed by atoms with van der Waals surface area (Å²) in [5, 5.41) is 32.2. The van der Waals surface area contributed by atoms with E-state index in [1.165, 1.54) is 42.5 Å². The molecule has 5 rings (SSSR count). The van der Waals surface area contributed by atoms with Crippen molar-refractivity contribution in [2.24, 2.45) is 5.73 Å². The molecular formula is C37H40F6IN5O9. The van der Waals surface area contributed by atoms with E-state index < -0.39 is 77.2 Å². The first kappa shape index (κ1) is 47.5. The predicted octanol–water partition coefficient (Wildman–Crippen LogP) is 4.23. The van der Waals surface area contributed by atoms with Crippen molar-refractivity contribution < 1.29 is 69.9 Å². The van der Waals surface area contributed by atoms with E-state index in [0.29, 0.717) is 15.7 Å². The number of nitrogens with two attached hydrogens (primary N) is 1. The number of carbonyl (C=O) groups is 4. The highest BCUT2D eigenvalue weighted by molar-refractivity contribution is 14.1. The predicted molar refractivity (Wildman–Crippen MR) is 204 cm³/mol. The molecule has 2 saturated heterocycles. The van der Waals surface area contributed by atoms with E-state index in [0.717, 1.165) is 29.2 Å². The van der Waals surface area contributed by atoms with Gasteiger partial charge >= 0.3 is 18.3 Å². The van der Waals surface area contributed by atoms with Gasteiger partial charge in [0.15, 0.2) is 24.4 Å². The van der Waals surface area contributed by atoms with Crippen LogP contribution < -0.4 is 21.3 Å². The fraction of sp³-hybridized carbons (Fsp3) is 0.378. The van der Waals surface area contributed by atoms with Gasteiger partial charge in [0.05, 0.1) is 24.3 Å². The lowest BCUT2D eigenvalue weighted by molar-refractivity contribution is -0.178. The van der Waals surface area contributed by atoms with Gasteiger partial charge in [0.25, 0.3) is 17.7 Å². The summed E-state index contributed by atoms with van der Waals surface area (Å²) in [5.74, 6) is -3.27. The first-order valence-electron chi connectivity index (χ1n) is 17.1. The smallest absolute Gasteiger partial charge is 0.416 e. The van der Waals surface area contributed by atoms with Gasteiger partial charge in [-0.05, 0) is 104 Å². The Bertz CT molecular complexity index is 1930. The topological polar surface area (TPSA) is 214 Å². The van der Waals surface area contributed by atoms with E-state index in [9.17, 15) is 55.7 Å². The third-order valence-electron chi connectivity index (χ3n) is 7.67. The van der Waals surface area contributed by atoms with Crippen molar-refractivity contribution in [1.82, 2.24) is 5.32 Å². The number of ether oxygens (including phenoxy) is 3. The molecule has 0 radical (unpaired) electrons. The van der Waals surface area contributed by atoms with Crippen molar-refractivity contribution in [1.29, 1.82) is 5.41 Å². The second-order valence-corrected chi connectivity index (χ2v) is 14.6. The van der Waals surface area contributed by atoms with Crippen LogP contribution >= 0.6 is 22.6 Å². The van der Waals surface area contributed by atoms with Gasteiger partial charge in [0.2, 0.25) is 0 Å². The summed E-state index contributed by atoms with van der Waals surface area (Å²) in [6.07, 6.45) is -15.0. The average Bonchev–Trinajstić information content (AvgIpc) is 3.14. The maximum Gasteiger partial charge on any atom is 0.416 e. The fourth-order valence-corrected chi connectivity index (χ4v) is 5.49.